The largest absolute Gasteiger partial charge is 0.466 e. The summed E-state index contributed by atoms with van der Waals surface area (Å²) in [6.45, 7) is 5.76. The van der Waals surface area contributed by atoms with Gasteiger partial charge in [-0.2, -0.15) is 5.26 Å². The van der Waals surface area contributed by atoms with Gasteiger partial charge in [-0.3, -0.25) is 4.79 Å². The summed E-state index contributed by atoms with van der Waals surface area (Å²) < 4.78 is 4.91. The molecule has 0 saturated carbocycles. The van der Waals surface area contributed by atoms with Crippen LogP contribution in [0.25, 0.3) is 0 Å². The van der Waals surface area contributed by atoms with Crippen LogP contribution in [0.4, 0.5) is 0 Å². The summed E-state index contributed by atoms with van der Waals surface area (Å²) >= 11 is 0. The second kappa shape index (κ2) is 5.61. The molecule has 0 aliphatic carbocycles. The van der Waals surface area contributed by atoms with Crippen molar-refractivity contribution < 1.29 is 9.53 Å². The predicted octanol–water partition coefficient (Wildman–Crippen LogP) is 1.21. The second-order valence-electron chi connectivity index (χ2n) is 3.88. The van der Waals surface area contributed by atoms with E-state index in [1.807, 2.05) is 6.07 Å². The SMILES string of the molecule is CCOC(=O)C(C)(C)CCC(N)C#N. The van der Waals surface area contributed by atoms with Crippen molar-refractivity contribution in [3.05, 3.63) is 0 Å². The first-order valence-electron chi connectivity index (χ1n) is 4.76. The molecule has 0 heterocycles. The van der Waals surface area contributed by atoms with Crippen LogP contribution < -0.4 is 5.73 Å². The van der Waals surface area contributed by atoms with Gasteiger partial charge in [0.1, 0.15) is 0 Å². The van der Waals surface area contributed by atoms with E-state index in [-0.39, 0.29) is 5.97 Å². The molecule has 1 atom stereocenters. The van der Waals surface area contributed by atoms with Crippen molar-refractivity contribution in [2.75, 3.05) is 6.61 Å². The van der Waals surface area contributed by atoms with Crippen LogP contribution in [0.5, 0.6) is 0 Å². The lowest BCUT2D eigenvalue weighted by Crippen LogP contribution is -2.29. The summed E-state index contributed by atoms with van der Waals surface area (Å²) in [6.07, 6.45) is 1.09. The summed E-state index contributed by atoms with van der Waals surface area (Å²) in [6, 6.07) is 1.44. The lowest BCUT2D eigenvalue weighted by molar-refractivity contribution is -0.153. The van der Waals surface area contributed by atoms with Gasteiger partial charge < -0.3 is 10.5 Å². The highest BCUT2D eigenvalue weighted by molar-refractivity contribution is 5.75. The Hall–Kier alpha value is -1.08. The molecule has 0 amide bonds. The molecule has 0 fully saturated rings. The fraction of sp³-hybridized carbons (Fsp3) is 0.800. The first-order chi connectivity index (χ1) is 6.44. The van der Waals surface area contributed by atoms with Gasteiger partial charge in [0.2, 0.25) is 0 Å². The number of ether oxygens (including phenoxy) is 1. The predicted molar refractivity (Wildman–Crippen MR) is 53.2 cm³/mol. The minimum atomic E-state index is -0.551. The quantitative estimate of drug-likeness (QED) is 0.673. The maximum absolute atomic E-state index is 11.4. The smallest absolute Gasteiger partial charge is 0.311 e. The van der Waals surface area contributed by atoms with E-state index < -0.39 is 11.5 Å². The number of nitrogens with zero attached hydrogens (tertiary/aromatic N) is 1. The lowest BCUT2D eigenvalue weighted by Gasteiger charge is -2.22. The molecule has 0 aliphatic rings. The third-order valence-electron chi connectivity index (χ3n) is 2.07. The van der Waals surface area contributed by atoms with E-state index in [0.717, 1.165) is 0 Å². The van der Waals surface area contributed by atoms with Crippen molar-refractivity contribution in [1.29, 1.82) is 5.26 Å². The van der Waals surface area contributed by atoms with Crippen LogP contribution in [0.1, 0.15) is 33.6 Å². The van der Waals surface area contributed by atoms with Crippen LogP contribution in [0.2, 0.25) is 0 Å². The van der Waals surface area contributed by atoms with E-state index in [9.17, 15) is 4.79 Å². The van der Waals surface area contributed by atoms with Gasteiger partial charge in [-0.05, 0) is 33.6 Å². The summed E-state index contributed by atoms with van der Waals surface area (Å²) in [5, 5.41) is 8.48. The molecule has 0 spiro atoms. The van der Waals surface area contributed by atoms with Gasteiger partial charge in [0.25, 0.3) is 0 Å². The Morgan fingerprint density at radius 3 is 2.64 bits per heavy atom. The third kappa shape index (κ3) is 4.24. The number of carbonyl (C=O) groups is 1. The van der Waals surface area contributed by atoms with E-state index in [1.165, 1.54) is 0 Å². The van der Waals surface area contributed by atoms with Gasteiger partial charge in [0.15, 0.2) is 0 Å². The fourth-order valence-electron chi connectivity index (χ4n) is 1.01. The van der Waals surface area contributed by atoms with Gasteiger partial charge in [0.05, 0.1) is 24.1 Å². The highest BCUT2D eigenvalue weighted by Gasteiger charge is 2.29. The maximum atomic E-state index is 11.4. The zero-order valence-corrected chi connectivity index (χ0v) is 9.04. The molecule has 0 aromatic heterocycles. The second-order valence-corrected chi connectivity index (χ2v) is 3.88. The van der Waals surface area contributed by atoms with Crippen LogP contribution in [-0.2, 0) is 9.53 Å². The first-order valence-corrected chi connectivity index (χ1v) is 4.76. The van der Waals surface area contributed by atoms with E-state index in [1.54, 1.807) is 20.8 Å². The van der Waals surface area contributed by atoms with Crippen LogP contribution in [0.15, 0.2) is 0 Å². The molecular formula is C10H18N2O2. The van der Waals surface area contributed by atoms with Gasteiger partial charge in [-0.25, -0.2) is 0 Å². The van der Waals surface area contributed by atoms with E-state index in [0.29, 0.717) is 19.4 Å². The first kappa shape index (κ1) is 12.9. The Morgan fingerprint density at radius 2 is 2.21 bits per heavy atom. The van der Waals surface area contributed by atoms with Crippen molar-refractivity contribution in [2.45, 2.75) is 39.7 Å². The highest BCUT2D eigenvalue weighted by Crippen LogP contribution is 2.24. The third-order valence-corrected chi connectivity index (χ3v) is 2.07. The Balaban J connectivity index is 4.07. The lowest BCUT2D eigenvalue weighted by atomic mass is 9.86. The van der Waals surface area contributed by atoms with Crippen LogP contribution in [0, 0.1) is 16.7 Å². The molecule has 2 N–H and O–H groups in total. The highest BCUT2D eigenvalue weighted by atomic mass is 16.5. The number of carbonyl (C=O) groups excluding carboxylic acids is 1. The zero-order chi connectivity index (χ0) is 11.2. The summed E-state index contributed by atoms with van der Waals surface area (Å²) in [4.78, 5) is 11.4. The molecule has 4 heteroatoms. The molecule has 0 radical (unpaired) electrons. The molecule has 0 aliphatic heterocycles. The monoisotopic (exact) mass is 198 g/mol. The number of nitrogens with two attached hydrogens (primary N) is 1. The normalized spacial score (nSPS) is 13.1. The maximum Gasteiger partial charge on any atom is 0.311 e. The number of hydrogen-bond acceptors (Lipinski definition) is 4. The van der Waals surface area contributed by atoms with Gasteiger partial charge >= 0.3 is 5.97 Å². The van der Waals surface area contributed by atoms with Crippen LogP contribution in [-0.4, -0.2) is 18.6 Å². The Morgan fingerprint density at radius 1 is 1.64 bits per heavy atom. The molecule has 0 bridgehead atoms. The van der Waals surface area contributed by atoms with Crippen molar-refractivity contribution in [2.24, 2.45) is 11.1 Å². The minimum Gasteiger partial charge on any atom is -0.466 e. The minimum absolute atomic E-state index is 0.231. The fourth-order valence-corrected chi connectivity index (χ4v) is 1.01. The average molecular weight is 198 g/mol. The number of rotatable bonds is 5. The van der Waals surface area contributed by atoms with Gasteiger partial charge in [-0.1, -0.05) is 0 Å². The molecule has 4 nitrogen and oxygen atoms in total. The Bertz CT molecular complexity index is 231. The molecule has 0 saturated heterocycles. The molecule has 14 heavy (non-hydrogen) atoms. The Kier molecular flexibility index (Phi) is 5.18. The molecule has 0 aromatic carbocycles. The molecular weight excluding hydrogens is 180 g/mol. The van der Waals surface area contributed by atoms with Crippen molar-refractivity contribution >= 4 is 5.97 Å². The standard InChI is InChI=1S/C10H18N2O2/c1-4-14-9(13)10(2,3)6-5-8(12)7-11/h8H,4-6,12H2,1-3H3. The van der Waals surface area contributed by atoms with E-state index in [4.69, 9.17) is 15.7 Å². The molecule has 0 aromatic rings. The molecule has 80 valence electrons. The summed E-state index contributed by atoms with van der Waals surface area (Å²) in [5.74, 6) is -0.231. The van der Waals surface area contributed by atoms with Crippen molar-refractivity contribution in [3.8, 4) is 6.07 Å². The van der Waals surface area contributed by atoms with Crippen molar-refractivity contribution in [3.63, 3.8) is 0 Å². The van der Waals surface area contributed by atoms with Gasteiger partial charge in [0, 0.05) is 0 Å². The van der Waals surface area contributed by atoms with Crippen LogP contribution >= 0.6 is 0 Å². The van der Waals surface area contributed by atoms with Crippen molar-refractivity contribution in [1.82, 2.24) is 0 Å². The molecule has 0 rings (SSSR count). The zero-order valence-electron chi connectivity index (χ0n) is 9.04. The topological polar surface area (TPSA) is 76.1 Å². The summed E-state index contributed by atoms with van der Waals surface area (Å²) in [5.41, 5.74) is 4.89. The van der Waals surface area contributed by atoms with E-state index in [2.05, 4.69) is 0 Å². The number of hydrogen-bond donors (Lipinski definition) is 1. The van der Waals surface area contributed by atoms with Gasteiger partial charge in [-0.15, -0.1) is 0 Å². The van der Waals surface area contributed by atoms with E-state index >= 15 is 0 Å². The molecule has 1 unspecified atom stereocenters. The average Bonchev–Trinajstić information content (AvgIpc) is 2.14. The van der Waals surface area contributed by atoms with Crippen LogP contribution in [0.3, 0.4) is 0 Å². The number of nitriles is 1. The summed E-state index contributed by atoms with van der Waals surface area (Å²) in [7, 11) is 0. The number of esters is 1. The Labute approximate surface area is 85.0 Å².